The molecule has 3 aliphatic heterocycles. The Bertz CT molecular complexity index is 517. The Kier molecular flexibility index (Phi) is 6.22. The average Bonchev–Trinajstić information content (AvgIpc) is 3.28. The van der Waals surface area contributed by atoms with Gasteiger partial charge in [-0.2, -0.15) is 0 Å². The Morgan fingerprint density at radius 1 is 1.07 bits per heavy atom. The molecule has 0 saturated carbocycles. The molecule has 158 valence electrons. The molecule has 0 aromatic rings. The first-order chi connectivity index (χ1) is 12.5. The fourth-order valence-electron chi connectivity index (χ4n) is 4.27. The minimum absolute atomic E-state index is 0.00856. The number of fused-ring (bicyclic) bond motifs is 1. The maximum atomic E-state index is 6.61. The van der Waals surface area contributed by atoms with Crippen LogP contribution < -0.4 is 0 Å². The quantitative estimate of drug-likeness (QED) is 0.389. The van der Waals surface area contributed by atoms with Gasteiger partial charge < -0.3 is 18.6 Å². The van der Waals surface area contributed by atoms with Gasteiger partial charge in [0.1, 0.15) is 5.60 Å². The molecule has 27 heavy (non-hydrogen) atoms. The van der Waals surface area contributed by atoms with Crippen molar-refractivity contribution in [3.05, 3.63) is 0 Å². The molecule has 3 saturated heterocycles. The number of epoxide rings is 1. The van der Waals surface area contributed by atoms with Gasteiger partial charge in [0.25, 0.3) is 0 Å². The second-order valence-electron chi connectivity index (χ2n) is 10.7. The van der Waals surface area contributed by atoms with E-state index in [-0.39, 0.29) is 23.0 Å². The van der Waals surface area contributed by atoms with Crippen LogP contribution in [-0.4, -0.2) is 38.7 Å². The molecule has 0 aromatic heterocycles. The van der Waals surface area contributed by atoms with Crippen LogP contribution in [0.2, 0.25) is 18.1 Å². The van der Waals surface area contributed by atoms with Crippen molar-refractivity contribution >= 4 is 8.32 Å². The highest BCUT2D eigenvalue weighted by Crippen LogP contribution is 2.55. The van der Waals surface area contributed by atoms with E-state index < -0.39 is 14.1 Å². The Morgan fingerprint density at radius 3 is 2.44 bits per heavy atom. The van der Waals surface area contributed by atoms with Crippen molar-refractivity contribution in [1.29, 1.82) is 0 Å². The van der Waals surface area contributed by atoms with Crippen molar-refractivity contribution in [3.63, 3.8) is 0 Å². The molecule has 4 nitrogen and oxygen atoms in total. The van der Waals surface area contributed by atoms with Crippen LogP contribution in [0.4, 0.5) is 0 Å². The van der Waals surface area contributed by atoms with Gasteiger partial charge in [-0.1, -0.05) is 47.5 Å². The summed E-state index contributed by atoms with van der Waals surface area (Å²) in [7, 11) is -1.69. The van der Waals surface area contributed by atoms with Gasteiger partial charge in [-0.05, 0) is 49.7 Å². The lowest BCUT2D eigenvalue weighted by Crippen LogP contribution is -2.51. The van der Waals surface area contributed by atoms with Crippen LogP contribution in [0.25, 0.3) is 0 Å². The topological polar surface area (TPSA) is 40.2 Å². The standard InChI is InChI=1S/C22H42O4Si/c1-8-9-12-21-14-15-22(26-19(21)25-21)13-10-17(2)18(24-22)11-16-23-27(6,7)20(3,4)5/h17-19H,8-16H2,1-7H3/t17-,18+,19-,21+,22-/m0/s1. The molecule has 0 aromatic carbocycles. The summed E-state index contributed by atoms with van der Waals surface area (Å²) in [4.78, 5) is 0. The predicted octanol–water partition coefficient (Wildman–Crippen LogP) is 6.01. The molecular formula is C22H42O4Si. The first-order valence-electron chi connectivity index (χ1n) is 11.2. The molecule has 3 fully saturated rings. The summed E-state index contributed by atoms with van der Waals surface area (Å²) in [6.45, 7) is 16.9. The minimum atomic E-state index is -1.69. The third-order valence-electron chi connectivity index (χ3n) is 7.57. The van der Waals surface area contributed by atoms with Crippen molar-refractivity contribution in [2.45, 2.75) is 128 Å². The minimum Gasteiger partial charge on any atom is -0.417 e. The second-order valence-corrected chi connectivity index (χ2v) is 15.5. The van der Waals surface area contributed by atoms with E-state index in [2.05, 4.69) is 47.7 Å². The first-order valence-corrected chi connectivity index (χ1v) is 14.1. The average molecular weight is 399 g/mol. The van der Waals surface area contributed by atoms with Gasteiger partial charge >= 0.3 is 0 Å². The molecule has 0 radical (unpaired) electrons. The molecule has 3 heterocycles. The summed E-state index contributed by atoms with van der Waals surface area (Å²) in [5, 5.41) is 0.255. The van der Waals surface area contributed by atoms with Crippen molar-refractivity contribution in [2.24, 2.45) is 5.92 Å². The number of rotatable bonds is 7. The Balaban J connectivity index is 1.52. The zero-order chi connectivity index (χ0) is 19.9. The Labute approximate surface area is 167 Å². The monoisotopic (exact) mass is 398 g/mol. The summed E-state index contributed by atoms with van der Waals surface area (Å²) >= 11 is 0. The molecule has 0 amide bonds. The second kappa shape index (κ2) is 7.71. The zero-order valence-electron chi connectivity index (χ0n) is 18.7. The lowest BCUT2D eigenvalue weighted by Gasteiger charge is -2.46. The number of ether oxygens (including phenoxy) is 3. The van der Waals surface area contributed by atoms with Gasteiger partial charge in [0, 0.05) is 19.4 Å². The van der Waals surface area contributed by atoms with Gasteiger partial charge in [-0.25, -0.2) is 0 Å². The summed E-state index contributed by atoms with van der Waals surface area (Å²) in [6, 6.07) is 0. The number of hydrogen-bond acceptors (Lipinski definition) is 4. The maximum absolute atomic E-state index is 6.61. The zero-order valence-corrected chi connectivity index (χ0v) is 19.7. The Morgan fingerprint density at radius 2 is 1.81 bits per heavy atom. The highest BCUT2D eigenvalue weighted by atomic mass is 28.4. The molecule has 0 N–H and O–H groups in total. The van der Waals surface area contributed by atoms with Crippen LogP contribution in [0.1, 0.15) is 86.0 Å². The van der Waals surface area contributed by atoms with Crippen molar-refractivity contribution < 1.29 is 18.6 Å². The summed E-state index contributed by atoms with van der Waals surface area (Å²) in [5.41, 5.74) is 0.00856. The molecule has 3 rings (SSSR count). The molecule has 0 unspecified atom stereocenters. The molecule has 1 spiro atoms. The van der Waals surface area contributed by atoms with Crippen LogP contribution in [0, 0.1) is 5.92 Å². The Hall–Kier alpha value is 0.0569. The van der Waals surface area contributed by atoms with E-state index in [1.807, 2.05) is 0 Å². The van der Waals surface area contributed by atoms with Crippen molar-refractivity contribution in [1.82, 2.24) is 0 Å². The largest absolute Gasteiger partial charge is 0.417 e. The smallest absolute Gasteiger partial charge is 0.191 e. The fourth-order valence-corrected chi connectivity index (χ4v) is 5.33. The predicted molar refractivity (Wildman–Crippen MR) is 111 cm³/mol. The van der Waals surface area contributed by atoms with Crippen molar-refractivity contribution in [2.75, 3.05) is 6.61 Å². The summed E-state index contributed by atoms with van der Waals surface area (Å²) in [6.07, 6.45) is 8.94. The van der Waals surface area contributed by atoms with E-state index in [0.29, 0.717) is 5.92 Å². The third kappa shape index (κ3) is 4.63. The summed E-state index contributed by atoms with van der Waals surface area (Å²) < 4.78 is 25.4. The first kappa shape index (κ1) is 21.8. The van der Waals surface area contributed by atoms with Crippen LogP contribution in [0.5, 0.6) is 0 Å². The van der Waals surface area contributed by atoms with Gasteiger partial charge in [0.05, 0.1) is 6.10 Å². The lowest BCUT2D eigenvalue weighted by molar-refractivity contribution is -0.316. The van der Waals surface area contributed by atoms with Crippen LogP contribution in [0.3, 0.4) is 0 Å². The van der Waals surface area contributed by atoms with E-state index in [1.165, 1.54) is 19.3 Å². The van der Waals surface area contributed by atoms with Crippen LogP contribution >= 0.6 is 0 Å². The molecule has 5 atom stereocenters. The van der Waals surface area contributed by atoms with E-state index in [0.717, 1.165) is 38.7 Å². The third-order valence-corrected chi connectivity index (χ3v) is 12.1. The normalized spacial score (nSPS) is 39.4. The molecule has 3 aliphatic rings. The highest BCUT2D eigenvalue weighted by Gasteiger charge is 2.64. The van der Waals surface area contributed by atoms with E-state index in [9.17, 15) is 0 Å². The fraction of sp³-hybridized carbons (Fsp3) is 1.00. The van der Waals surface area contributed by atoms with Gasteiger partial charge in [0.15, 0.2) is 20.4 Å². The van der Waals surface area contributed by atoms with Gasteiger partial charge in [-0.15, -0.1) is 0 Å². The van der Waals surface area contributed by atoms with E-state index in [4.69, 9.17) is 18.6 Å². The number of hydrogen-bond donors (Lipinski definition) is 0. The molecule has 0 bridgehead atoms. The molecule has 5 heteroatoms. The van der Waals surface area contributed by atoms with Gasteiger partial charge in [0.2, 0.25) is 0 Å². The maximum Gasteiger partial charge on any atom is 0.191 e. The van der Waals surface area contributed by atoms with E-state index >= 15 is 0 Å². The van der Waals surface area contributed by atoms with Gasteiger partial charge in [-0.3, -0.25) is 0 Å². The van der Waals surface area contributed by atoms with Crippen LogP contribution in [-0.2, 0) is 18.6 Å². The summed E-state index contributed by atoms with van der Waals surface area (Å²) in [5.74, 6) is 0.152. The SMILES string of the molecule is CCCC[C@@]12CC[C@]3(CC[C@H](C)[C@@H](CCO[Si](C)(C)C(C)(C)C)O3)O[C@@H]1O2. The highest BCUT2D eigenvalue weighted by molar-refractivity contribution is 6.74. The van der Waals surface area contributed by atoms with Crippen molar-refractivity contribution in [3.8, 4) is 0 Å². The lowest BCUT2D eigenvalue weighted by atomic mass is 9.84. The van der Waals surface area contributed by atoms with Crippen LogP contribution in [0.15, 0.2) is 0 Å². The van der Waals surface area contributed by atoms with E-state index in [1.54, 1.807) is 0 Å². The molecule has 0 aliphatic carbocycles. The molecular weight excluding hydrogens is 356 g/mol. The number of unbranched alkanes of at least 4 members (excludes halogenated alkanes) is 1.